The molecule has 0 atom stereocenters. The first-order valence-corrected chi connectivity index (χ1v) is 9.24. The maximum Gasteiger partial charge on any atom is 0.234 e. The van der Waals surface area contributed by atoms with Gasteiger partial charge < -0.3 is 9.88 Å². The second-order valence-electron chi connectivity index (χ2n) is 5.76. The topological polar surface area (TPSA) is 59.8 Å². The number of carbonyl (C=O) groups excluding carboxylic acids is 1. The standard InChI is InChI=1S/C19H19FN4OS/c1-3-24-18(14-6-4-13(2)5-7-14)22-23-19(24)26-12-17(25)21-16-10-8-15(20)9-11-16/h4-11H,3,12H2,1-2H3,(H,21,25). The molecular formula is C19H19FN4OS. The molecule has 7 heteroatoms. The number of amides is 1. The average Bonchev–Trinajstić information content (AvgIpc) is 3.05. The number of nitrogens with one attached hydrogen (secondary N) is 1. The van der Waals surface area contributed by atoms with E-state index in [4.69, 9.17) is 0 Å². The first kappa shape index (κ1) is 18.1. The number of hydrogen-bond acceptors (Lipinski definition) is 4. The molecule has 1 amide bonds. The largest absolute Gasteiger partial charge is 0.325 e. The molecule has 3 rings (SSSR count). The molecule has 0 bridgehead atoms. The van der Waals surface area contributed by atoms with E-state index in [0.29, 0.717) is 17.4 Å². The highest BCUT2D eigenvalue weighted by Crippen LogP contribution is 2.24. The number of aryl methyl sites for hydroxylation is 1. The molecular weight excluding hydrogens is 351 g/mol. The minimum Gasteiger partial charge on any atom is -0.325 e. The van der Waals surface area contributed by atoms with Crippen molar-refractivity contribution in [2.75, 3.05) is 11.1 Å². The van der Waals surface area contributed by atoms with E-state index in [1.807, 2.05) is 42.7 Å². The first-order valence-electron chi connectivity index (χ1n) is 8.25. The second kappa shape index (κ2) is 8.14. The Labute approximate surface area is 155 Å². The van der Waals surface area contributed by atoms with Crippen LogP contribution in [0.25, 0.3) is 11.4 Å². The van der Waals surface area contributed by atoms with Crippen molar-refractivity contribution in [2.24, 2.45) is 0 Å². The van der Waals surface area contributed by atoms with Gasteiger partial charge in [-0.15, -0.1) is 10.2 Å². The Kier molecular flexibility index (Phi) is 5.68. The maximum absolute atomic E-state index is 12.9. The Morgan fingerprint density at radius 2 is 1.81 bits per heavy atom. The summed E-state index contributed by atoms with van der Waals surface area (Å²) in [5.74, 6) is 0.471. The lowest BCUT2D eigenvalue weighted by atomic mass is 10.1. The predicted octanol–water partition coefficient (Wildman–Crippen LogP) is 4.14. The molecule has 0 spiro atoms. The smallest absolute Gasteiger partial charge is 0.234 e. The molecule has 0 aliphatic heterocycles. The van der Waals surface area contributed by atoms with Gasteiger partial charge in [0.1, 0.15) is 5.82 Å². The first-order chi connectivity index (χ1) is 12.6. The van der Waals surface area contributed by atoms with E-state index < -0.39 is 0 Å². The number of benzene rings is 2. The van der Waals surface area contributed by atoms with E-state index in [1.165, 1.54) is 41.6 Å². The zero-order valence-corrected chi connectivity index (χ0v) is 15.4. The van der Waals surface area contributed by atoms with Crippen molar-refractivity contribution in [3.63, 3.8) is 0 Å². The van der Waals surface area contributed by atoms with Crippen LogP contribution in [0.5, 0.6) is 0 Å². The number of halogens is 1. The van der Waals surface area contributed by atoms with E-state index in [-0.39, 0.29) is 17.5 Å². The highest BCUT2D eigenvalue weighted by atomic mass is 32.2. The van der Waals surface area contributed by atoms with Gasteiger partial charge in [0, 0.05) is 17.8 Å². The van der Waals surface area contributed by atoms with Crippen LogP contribution in [0, 0.1) is 12.7 Å². The molecule has 26 heavy (non-hydrogen) atoms. The molecule has 0 unspecified atom stereocenters. The lowest BCUT2D eigenvalue weighted by Crippen LogP contribution is -2.14. The lowest BCUT2D eigenvalue weighted by Gasteiger charge is -2.08. The van der Waals surface area contributed by atoms with Gasteiger partial charge in [-0.3, -0.25) is 4.79 Å². The van der Waals surface area contributed by atoms with Gasteiger partial charge in [-0.25, -0.2) is 4.39 Å². The Morgan fingerprint density at radius 3 is 2.46 bits per heavy atom. The Hall–Kier alpha value is -2.67. The van der Waals surface area contributed by atoms with Crippen LogP contribution in [0.4, 0.5) is 10.1 Å². The third kappa shape index (κ3) is 4.29. The molecule has 0 aliphatic carbocycles. The zero-order chi connectivity index (χ0) is 18.5. The van der Waals surface area contributed by atoms with Crippen molar-refractivity contribution in [1.29, 1.82) is 0 Å². The number of aromatic nitrogens is 3. The summed E-state index contributed by atoms with van der Waals surface area (Å²) >= 11 is 1.32. The van der Waals surface area contributed by atoms with Gasteiger partial charge in [0.05, 0.1) is 5.75 Å². The SMILES string of the molecule is CCn1c(SCC(=O)Nc2ccc(F)cc2)nnc1-c1ccc(C)cc1. The fourth-order valence-electron chi connectivity index (χ4n) is 2.46. The fraction of sp³-hybridized carbons (Fsp3) is 0.211. The lowest BCUT2D eigenvalue weighted by molar-refractivity contribution is -0.113. The van der Waals surface area contributed by atoms with Gasteiger partial charge in [-0.1, -0.05) is 41.6 Å². The highest BCUT2D eigenvalue weighted by molar-refractivity contribution is 7.99. The molecule has 134 valence electrons. The molecule has 0 saturated carbocycles. The summed E-state index contributed by atoms with van der Waals surface area (Å²) in [5, 5.41) is 11.9. The van der Waals surface area contributed by atoms with Gasteiger partial charge >= 0.3 is 0 Å². The van der Waals surface area contributed by atoms with E-state index >= 15 is 0 Å². The second-order valence-corrected chi connectivity index (χ2v) is 6.70. The minimum absolute atomic E-state index is 0.177. The Balaban J connectivity index is 1.67. The van der Waals surface area contributed by atoms with Crippen molar-refractivity contribution in [3.05, 3.63) is 59.9 Å². The summed E-state index contributed by atoms with van der Waals surface area (Å²) in [6, 6.07) is 13.8. The molecule has 1 aromatic heterocycles. The van der Waals surface area contributed by atoms with Crippen LogP contribution in [0.2, 0.25) is 0 Å². The molecule has 1 N–H and O–H groups in total. The van der Waals surface area contributed by atoms with Crippen LogP contribution in [-0.2, 0) is 11.3 Å². The molecule has 3 aromatic rings. The summed E-state index contributed by atoms with van der Waals surface area (Å²) in [4.78, 5) is 12.1. The number of anilines is 1. The third-order valence-electron chi connectivity index (χ3n) is 3.80. The highest BCUT2D eigenvalue weighted by Gasteiger charge is 2.14. The number of hydrogen-bond donors (Lipinski definition) is 1. The monoisotopic (exact) mass is 370 g/mol. The van der Waals surface area contributed by atoms with Crippen molar-refractivity contribution in [2.45, 2.75) is 25.5 Å². The van der Waals surface area contributed by atoms with Crippen molar-refractivity contribution >= 4 is 23.4 Å². The van der Waals surface area contributed by atoms with Gasteiger partial charge in [0.2, 0.25) is 5.91 Å². The summed E-state index contributed by atoms with van der Waals surface area (Å²) < 4.78 is 14.9. The van der Waals surface area contributed by atoms with Crippen molar-refractivity contribution in [3.8, 4) is 11.4 Å². The van der Waals surface area contributed by atoms with E-state index in [9.17, 15) is 9.18 Å². The molecule has 0 aliphatic rings. The maximum atomic E-state index is 12.9. The van der Waals surface area contributed by atoms with Gasteiger partial charge in [-0.05, 0) is 38.1 Å². The fourth-order valence-corrected chi connectivity index (χ4v) is 3.26. The van der Waals surface area contributed by atoms with Crippen LogP contribution >= 0.6 is 11.8 Å². The minimum atomic E-state index is -0.336. The van der Waals surface area contributed by atoms with Gasteiger partial charge in [0.25, 0.3) is 0 Å². The molecule has 1 heterocycles. The quantitative estimate of drug-likeness (QED) is 0.663. The Morgan fingerprint density at radius 1 is 1.12 bits per heavy atom. The molecule has 5 nitrogen and oxygen atoms in total. The third-order valence-corrected chi connectivity index (χ3v) is 4.77. The molecule has 2 aromatic carbocycles. The van der Waals surface area contributed by atoms with Crippen molar-refractivity contribution < 1.29 is 9.18 Å². The summed E-state index contributed by atoms with van der Waals surface area (Å²) in [7, 11) is 0. The van der Waals surface area contributed by atoms with Gasteiger partial charge in [0.15, 0.2) is 11.0 Å². The zero-order valence-electron chi connectivity index (χ0n) is 14.6. The van der Waals surface area contributed by atoms with E-state index in [2.05, 4.69) is 15.5 Å². The number of nitrogens with zero attached hydrogens (tertiary/aromatic N) is 3. The van der Waals surface area contributed by atoms with E-state index in [1.54, 1.807) is 0 Å². The van der Waals surface area contributed by atoms with Crippen LogP contribution in [0.15, 0.2) is 53.7 Å². The molecule has 0 saturated heterocycles. The van der Waals surface area contributed by atoms with Crippen LogP contribution in [0.3, 0.4) is 0 Å². The summed E-state index contributed by atoms with van der Waals surface area (Å²) in [6.45, 7) is 4.76. The van der Waals surface area contributed by atoms with Crippen LogP contribution in [-0.4, -0.2) is 26.4 Å². The summed E-state index contributed by atoms with van der Waals surface area (Å²) in [5.41, 5.74) is 2.74. The van der Waals surface area contributed by atoms with Crippen LogP contribution < -0.4 is 5.32 Å². The van der Waals surface area contributed by atoms with Gasteiger partial charge in [-0.2, -0.15) is 0 Å². The van der Waals surface area contributed by atoms with Crippen LogP contribution in [0.1, 0.15) is 12.5 Å². The number of thioether (sulfide) groups is 1. The number of rotatable bonds is 6. The normalized spacial score (nSPS) is 10.7. The van der Waals surface area contributed by atoms with Crippen molar-refractivity contribution in [1.82, 2.24) is 14.8 Å². The predicted molar refractivity (Wildman–Crippen MR) is 102 cm³/mol. The Bertz CT molecular complexity index is 891. The molecule has 0 radical (unpaired) electrons. The molecule has 0 fully saturated rings. The number of carbonyl (C=O) groups is 1. The summed E-state index contributed by atoms with van der Waals surface area (Å²) in [6.07, 6.45) is 0. The van der Waals surface area contributed by atoms with E-state index in [0.717, 1.165) is 11.4 Å². The average molecular weight is 370 g/mol.